The van der Waals surface area contributed by atoms with Crippen molar-refractivity contribution in [3.63, 3.8) is 0 Å². The van der Waals surface area contributed by atoms with Gasteiger partial charge < -0.3 is 10.1 Å². The van der Waals surface area contributed by atoms with E-state index >= 15 is 0 Å². The Kier molecular flexibility index (Phi) is 9.25. The lowest BCUT2D eigenvalue weighted by molar-refractivity contribution is 0.192. The van der Waals surface area contributed by atoms with E-state index in [9.17, 15) is 0 Å². The third-order valence-corrected chi connectivity index (χ3v) is 2.85. The highest BCUT2D eigenvalue weighted by atomic mass is 79.9. The minimum absolute atomic E-state index is 0.600. The summed E-state index contributed by atoms with van der Waals surface area (Å²) >= 11 is 3.51. The normalized spacial score (nSPS) is 13.6. The number of rotatable bonds is 8. The Morgan fingerprint density at radius 1 is 1.31 bits per heavy atom. The van der Waals surface area contributed by atoms with E-state index in [1.54, 1.807) is 7.11 Å². The third kappa shape index (κ3) is 7.47. The summed E-state index contributed by atoms with van der Waals surface area (Å²) in [5.41, 5.74) is 0. The van der Waals surface area contributed by atoms with Crippen LogP contribution in [0.3, 0.4) is 0 Å². The predicted molar refractivity (Wildman–Crippen MR) is 61.5 cm³/mol. The summed E-state index contributed by atoms with van der Waals surface area (Å²) in [5, 5.41) is 4.56. The Labute approximate surface area is 90.6 Å². The molecule has 0 aliphatic rings. The van der Waals surface area contributed by atoms with Crippen LogP contribution in [0, 0.1) is 5.92 Å². The summed E-state index contributed by atoms with van der Waals surface area (Å²) < 4.78 is 4.99. The number of methoxy groups -OCH3 is 1. The summed E-state index contributed by atoms with van der Waals surface area (Å²) in [6.45, 7) is 6.46. The van der Waals surface area contributed by atoms with Gasteiger partial charge in [-0.2, -0.15) is 0 Å². The molecule has 0 aliphatic carbocycles. The van der Waals surface area contributed by atoms with Crippen LogP contribution < -0.4 is 5.32 Å². The maximum Gasteiger partial charge on any atom is 0.0462 e. The zero-order chi connectivity index (χ0) is 10.1. The molecule has 0 aliphatic heterocycles. The largest absolute Gasteiger partial charge is 0.385 e. The molecule has 1 unspecified atom stereocenters. The van der Waals surface area contributed by atoms with Gasteiger partial charge >= 0.3 is 0 Å². The third-order valence-electron chi connectivity index (χ3n) is 2.15. The van der Waals surface area contributed by atoms with Crippen LogP contribution in [0.25, 0.3) is 0 Å². The molecule has 0 rings (SSSR count). The lowest BCUT2D eigenvalue weighted by Gasteiger charge is -2.19. The lowest BCUT2D eigenvalue weighted by Crippen LogP contribution is -2.35. The van der Waals surface area contributed by atoms with E-state index in [2.05, 4.69) is 35.1 Å². The van der Waals surface area contributed by atoms with Gasteiger partial charge in [0.05, 0.1) is 0 Å². The second-order valence-electron chi connectivity index (χ2n) is 3.66. The maximum absolute atomic E-state index is 4.99. The molecule has 0 aromatic carbocycles. The van der Waals surface area contributed by atoms with Gasteiger partial charge in [0.1, 0.15) is 0 Å². The molecular weight excluding hydrogens is 230 g/mol. The van der Waals surface area contributed by atoms with E-state index in [1.165, 1.54) is 6.42 Å². The molecule has 0 heterocycles. The molecule has 0 aromatic rings. The topological polar surface area (TPSA) is 21.3 Å². The highest BCUT2D eigenvalue weighted by Crippen LogP contribution is 2.04. The number of hydrogen-bond donors (Lipinski definition) is 1. The molecule has 0 spiro atoms. The van der Waals surface area contributed by atoms with Gasteiger partial charge in [-0.05, 0) is 25.3 Å². The predicted octanol–water partition coefficient (Wildman–Crippen LogP) is 2.42. The first-order valence-electron chi connectivity index (χ1n) is 5.00. The standard InChI is InChI=1S/C10H22BrNO/c1-9(2)10(8-11)12-6-4-5-7-13-3/h9-10,12H,4-8H2,1-3H3. The van der Waals surface area contributed by atoms with E-state index in [4.69, 9.17) is 4.74 Å². The van der Waals surface area contributed by atoms with Crippen molar-refractivity contribution in [1.82, 2.24) is 5.32 Å². The Hall–Kier alpha value is 0.400. The second-order valence-corrected chi connectivity index (χ2v) is 4.31. The quantitative estimate of drug-likeness (QED) is 0.529. The first-order chi connectivity index (χ1) is 6.22. The fourth-order valence-corrected chi connectivity index (χ4v) is 2.10. The van der Waals surface area contributed by atoms with Crippen molar-refractivity contribution in [3.8, 4) is 0 Å². The summed E-state index contributed by atoms with van der Waals surface area (Å²) in [4.78, 5) is 0. The van der Waals surface area contributed by atoms with Gasteiger partial charge in [0.25, 0.3) is 0 Å². The fourth-order valence-electron chi connectivity index (χ4n) is 1.13. The molecular formula is C10H22BrNO. The van der Waals surface area contributed by atoms with Crippen LogP contribution in [0.4, 0.5) is 0 Å². The summed E-state index contributed by atoms with van der Waals surface area (Å²) in [6.07, 6.45) is 2.35. The second kappa shape index (κ2) is 8.97. The molecule has 80 valence electrons. The van der Waals surface area contributed by atoms with E-state index in [-0.39, 0.29) is 0 Å². The molecule has 0 saturated carbocycles. The van der Waals surface area contributed by atoms with Crippen LogP contribution >= 0.6 is 15.9 Å². The highest BCUT2D eigenvalue weighted by molar-refractivity contribution is 9.09. The fraction of sp³-hybridized carbons (Fsp3) is 1.00. The van der Waals surface area contributed by atoms with Crippen LogP contribution in [-0.4, -0.2) is 31.6 Å². The van der Waals surface area contributed by atoms with Crippen molar-refractivity contribution in [1.29, 1.82) is 0 Å². The van der Waals surface area contributed by atoms with Crippen LogP contribution in [0.5, 0.6) is 0 Å². The first-order valence-corrected chi connectivity index (χ1v) is 6.12. The first kappa shape index (κ1) is 13.4. The van der Waals surface area contributed by atoms with Crippen LogP contribution in [-0.2, 0) is 4.74 Å². The van der Waals surface area contributed by atoms with Gasteiger partial charge in [0.2, 0.25) is 0 Å². The number of nitrogens with one attached hydrogen (secondary N) is 1. The molecule has 1 N–H and O–H groups in total. The van der Waals surface area contributed by atoms with Crippen molar-refractivity contribution in [2.45, 2.75) is 32.7 Å². The summed E-state index contributed by atoms with van der Waals surface area (Å²) in [6, 6.07) is 0.600. The zero-order valence-electron chi connectivity index (χ0n) is 8.98. The average Bonchev–Trinajstić information content (AvgIpc) is 2.10. The Morgan fingerprint density at radius 3 is 2.46 bits per heavy atom. The number of alkyl halides is 1. The minimum atomic E-state index is 0.600. The molecule has 0 amide bonds. The minimum Gasteiger partial charge on any atom is -0.385 e. The van der Waals surface area contributed by atoms with Gasteiger partial charge in [-0.15, -0.1) is 0 Å². The number of halogens is 1. The molecule has 0 radical (unpaired) electrons. The molecule has 2 nitrogen and oxygen atoms in total. The van der Waals surface area contributed by atoms with E-state index in [0.29, 0.717) is 12.0 Å². The number of unbranched alkanes of at least 4 members (excludes halogenated alkanes) is 1. The zero-order valence-corrected chi connectivity index (χ0v) is 10.6. The molecule has 0 bridgehead atoms. The van der Waals surface area contributed by atoms with Crippen molar-refractivity contribution in [3.05, 3.63) is 0 Å². The summed E-state index contributed by atoms with van der Waals surface area (Å²) in [5.74, 6) is 0.696. The Morgan fingerprint density at radius 2 is 2.00 bits per heavy atom. The van der Waals surface area contributed by atoms with Gasteiger partial charge in [-0.25, -0.2) is 0 Å². The van der Waals surface area contributed by atoms with Gasteiger partial charge in [0.15, 0.2) is 0 Å². The number of ether oxygens (including phenoxy) is 1. The van der Waals surface area contributed by atoms with E-state index < -0.39 is 0 Å². The van der Waals surface area contributed by atoms with Crippen molar-refractivity contribution in [2.75, 3.05) is 25.6 Å². The van der Waals surface area contributed by atoms with Gasteiger partial charge in [-0.1, -0.05) is 29.8 Å². The van der Waals surface area contributed by atoms with Crippen LogP contribution in [0.15, 0.2) is 0 Å². The van der Waals surface area contributed by atoms with Crippen molar-refractivity contribution in [2.24, 2.45) is 5.92 Å². The Bertz CT molecular complexity index is 109. The monoisotopic (exact) mass is 251 g/mol. The smallest absolute Gasteiger partial charge is 0.0462 e. The van der Waals surface area contributed by atoms with E-state index in [1.807, 2.05) is 0 Å². The van der Waals surface area contributed by atoms with Gasteiger partial charge in [-0.3, -0.25) is 0 Å². The highest BCUT2D eigenvalue weighted by Gasteiger charge is 2.09. The molecule has 3 heteroatoms. The SMILES string of the molecule is COCCCCNC(CBr)C(C)C. The maximum atomic E-state index is 4.99. The Balaban J connectivity index is 3.28. The molecule has 0 aromatic heterocycles. The molecule has 0 fully saturated rings. The molecule has 13 heavy (non-hydrogen) atoms. The van der Waals surface area contributed by atoms with E-state index in [0.717, 1.165) is 24.9 Å². The van der Waals surface area contributed by atoms with Crippen LogP contribution in [0.2, 0.25) is 0 Å². The van der Waals surface area contributed by atoms with Gasteiger partial charge in [0, 0.05) is 25.1 Å². The molecule has 0 saturated heterocycles. The van der Waals surface area contributed by atoms with Crippen molar-refractivity contribution < 1.29 is 4.74 Å². The van der Waals surface area contributed by atoms with Crippen molar-refractivity contribution >= 4 is 15.9 Å². The molecule has 1 atom stereocenters. The number of hydrogen-bond acceptors (Lipinski definition) is 2. The van der Waals surface area contributed by atoms with Crippen LogP contribution in [0.1, 0.15) is 26.7 Å². The summed E-state index contributed by atoms with van der Waals surface area (Å²) in [7, 11) is 1.75. The average molecular weight is 252 g/mol. The lowest BCUT2D eigenvalue weighted by atomic mass is 10.1.